The van der Waals surface area contributed by atoms with E-state index in [9.17, 15) is 9.59 Å². The summed E-state index contributed by atoms with van der Waals surface area (Å²) in [6, 6.07) is 0. The van der Waals surface area contributed by atoms with E-state index >= 15 is 0 Å². The number of carboxylic acid groups (broad SMARTS) is 1. The zero-order valence-electron chi connectivity index (χ0n) is 19.1. The van der Waals surface area contributed by atoms with Crippen LogP contribution in [0.1, 0.15) is 136 Å². The van der Waals surface area contributed by atoms with E-state index in [1.54, 1.807) is 0 Å². The third kappa shape index (κ3) is 32.6. The Morgan fingerprint density at radius 2 is 0.964 bits per heavy atom. The number of carbonyl (C=O) groups excluding carboxylic acids is 1. The molecule has 0 unspecified atom stereocenters. The fourth-order valence-corrected chi connectivity index (χ4v) is 3.01. The van der Waals surface area contributed by atoms with Gasteiger partial charge in [-0.1, -0.05) is 110 Å². The van der Waals surface area contributed by atoms with Gasteiger partial charge in [0.25, 0.3) is 0 Å². The minimum absolute atomic E-state index is 0.182. The van der Waals surface area contributed by atoms with E-state index in [0.717, 1.165) is 25.7 Å². The molecule has 0 radical (unpaired) electrons. The summed E-state index contributed by atoms with van der Waals surface area (Å²) in [6.07, 6.45) is 22.2. The van der Waals surface area contributed by atoms with Gasteiger partial charge in [-0.15, -0.1) is 0 Å². The molecular weight excluding hydrogens is 352 g/mol. The molecule has 0 aliphatic heterocycles. The van der Waals surface area contributed by atoms with Crippen molar-refractivity contribution in [2.45, 2.75) is 136 Å². The molecular formula is C24H48O4. The molecule has 168 valence electrons. The van der Waals surface area contributed by atoms with Crippen molar-refractivity contribution in [1.82, 2.24) is 0 Å². The summed E-state index contributed by atoms with van der Waals surface area (Å²) in [6.45, 7) is 6.33. The largest absolute Gasteiger partial charge is 0.481 e. The van der Waals surface area contributed by atoms with Crippen molar-refractivity contribution in [3.05, 3.63) is 0 Å². The first-order chi connectivity index (χ1) is 13.5. The van der Waals surface area contributed by atoms with Crippen molar-refractivity contribution < 1.29 is 19.4 Å². The lowest BCUT2D eigenvalue weighted by Gasteiger charge is -2.03. The zero-order chi connectivity index (χ0) is 21.3. The Morgan fingerprint density at radius 3 is 1.29 bits per heavy atom. The lowest BCUT2D eigenvalue weighted by atomic mass is 10.0. The molecule has 0 aliphatic rings. The highest BCUT2D eigenvalue weighted by molar-refractivity contribution is 5.66. The quantitative estimate of drug-likeness (QED) is 0.178. The minimum Gasteiger partial charge on any atom is -0.481 e. The van der Waals surface area contributed by atoms with E-state index < -0.39 is 5.97 Å². The molecule has 0 aromatic rings. The summed E-state index contributed by atoms with van der Waals surface area (Å²) >= 11 is 0. The minimum atomic E-state index is -0.653. The first kappa shape index (κ1) is 29.1. The highest BCUT2D eigenvalue weighted by atomic mass is 16.5. The summed E-state index contributed by atoms with van der Waals surface area (Å²) < 4.78 is 4.64. The lowest BCUT2D eigenvalue weighted by molar-refractivity contribution is -0.141. The molecule has 1 N–H and O–H groups in total. The van der Waals surface area contributed by atoms with E-state index in [0.29, 0.717) is 13.0 Å². The Labute approximate surface area is 174 Å². The van der Waals surface area contributed by atoms with Crippen LogP contribution in [-0.2, 0) is 14.3 Å². The Morgan fingerprint density at radius 1 is 0.607 bits per heavy atom. The molecule has 0 fully saturated rings. The topological polar surface area (TPSA) is 63.6 Å². The average molecular weight is 401 g/mol. The maximum atomic E-state index is 10.3. The van der Waals surface area contributed by atoms with Crippen molar-refractivity contribution in [2.24, 2.45) is 0 Å². The number of hydrogen-bond acceptors (Lipinski definition) is 3. The van der Waals surface area contributed by atoms with Crippen LogP contribution in [0.4, 0.5) is 0 Å². The van der Waals surface area contributed by atoms with E-state index in [1.165, 1.54) is 90.4 Å². The normalized spacial score (nSPS) is 10.2. The highest BCUT2D eigenvalue weighted by Crippen LogP contribution is 2.13. The van der Waals surface area contributed by atoms with Crippen LogP contribution in [0.2, 0.25) is 0 Å². The molecule has 4 heteroatoms. The van der Waals surface area contributed by atoms with Gasteiger partial charge in [-0.3, -0.25) is 9.59 Å². The fourth-order valence-electron chi connectivity index (χ4n) is 3.01. The van der Waals surface area contributed by atoms with Gasteiger partial charge < -0.3 is 9.84 Å². The van der Waals surface area contributed by atoms with Crippen molar-refractivity contribution in [1.29, 1.82) is 0 Å². The first-order valence-electron chi connectivity index (χ1n) is 11.9. The second kappa shape index (κ2) is 25.9. The fraction of sp³-hybridized carbons (Fsp3) is 0.917. The molecule has 0 heterocycles. The Hall–Kier alpha value is -1.06. The molecule has 0 spiro atoms. The van der Waals surface area contributed by atoms with E-state index in [1.807, 2.05) is 0 Å². The number of unbranched alkanes of at least 4 members (excludes halogenated alkanes) is 15. The van der Waals surface area contributed by atoms with Gasteiger partial charge in [-0.25, -0.2) is 0 Å². The van der Waals surface area contributed by atoms with Gasteiger partial charge >= 0.3 is 11.9 Å². The number of aliphatic carboxylic acids is 1. The predicted octanol–water partition coefficient (Wildman–Crippen LogP) is 7.68. The molecule has 4 nitrogen and oxygen atoms in total. The monoisotopic (exact) mass is 400 g/mol. The van der Waals surface area contributed by atoms with E-state index in [-0.39, 0.29) is 5.97 Å². The van der Waals surface area contributed by atoms with Gasteiger partial charge in [0, 0.05) is 13.3 Å². The smallest absolute Gasteiger partial charge is 0.303 e. The third-order valence-corrected chi connectivity index (χ3v) is 4.80. The zero-order valence-corrected chi connectivity index (χ0v) is 19.1. The molecule has 0 bridgehead atoms. The first-order valence-corrected chi connectivity index (χ1v) is 11.9. The maximum absolute atomic E-state index is 10.3. The van der Waals surface area contributed by atoms with Crippen LogP contribution in [-0.4, -0.2) is 23.7 Å². The summed E-state index contributed by atoms with van der Waals surface area (Å²) in [4.78, 5) is 20.4. The standard InChI is InChI=1S/C18H36O2.C6H12O2/c1-2-3-4-5-6-7-8-9-10-11-12-13-14-15-16-17-18(19)20;1-3-4-5-8-6(2)7/h2-17H2,1H3,(H,19,20);3-5H2,1-2H3. The molecule has 0 amide bonds. The number of esters is 1. The van der Waals surface area contributed by atoms with Crippen molar-refractivity contribution in [3.8, 4) is 0 Å². The van der Waals surface area contributed by atoms with Crippen LogP contribution in [0.5, 0.6) is 0 Å². The van der Waals surface area contributed by atoms with Gasteiger partial charge in [0.2, 0.25) is 0 Å². The van der Waals surface area contributed by atoms with Crippen molar-refractivity contribution >= 4 is 11.9 Å². The van der Waals surface area contributed by atoms with Gasteiger partial charge in [0.05, 0.1) is 6.61 Å². The number of carboxylic acids is 1. The lowest BCUT2D eigenvalue weighted by Crippen LogP contribution is -1.99. The molecule has 0 atom stereocenters. The Kier molecular flexibility index (Phi) is 27.0. The third-order valence-electron chi connectivity index (χ3n) is 4.80. The van der Waals surface area contributed by atoms with Crippen LogP contribution < -0.4 is 0 Å². The highest BCUT2D eigenvalue weighted by Gasteiger charge is 1.97. The average Bonchev–Trinajstić information content (AvgIpc) is 2.65. The molecule has 28 heavy (non-hydrogen) atoms. The molecule has 0 aromatic heterocycles. The van der Waals surface area contributed by atoms with Gasteiger partial charge in [-0.2, -0.15) is 0 Å². The number of carbonyl (C=O) groups is 2. The van der Waals surface area contributed by atoms with E-state index in [2.05, 4.69) is 18.6 Å². The van der Waals surface area contributed by atoms with Crippen LogP contribution in [0.3, 0.4) is 0 Å². The van der Waals surface area contributed by atoms with Gasteiger partial charge in [0.1, 0.15) is 0 Å². The van der Waals surface area contributed by atoms with Gasteiger partial charge in [0.15, 0.2) is 0 Å². The van der Waals surface area contributed by atoms with Crippen molar-refractivity contribution in [2.75, 3.05) is 6.61 Å². The molecule has 0 rings (SSSR count). The summed E-state index contributed by atoms with van der Waals surface area (Å²) in [5.41, 5.74) is 0. The Balaban J connectivity index is 0. The molecule has 0 saturated heterocycles. The van der Waals surface area contributed by atoms with Crippen LogP contribution in [0.15, 0.2) is 0 Å². The number of ether oxygens (including phenoxy) is 1. The number of hydrogen-bond donors (Lipinski definition) is 1. The second-order valence-electron chi connectivity index (χ2n) is 7.79. The molecule has 0 aliphatic carbocycles. The summed E-state index contributed by atoms with van der Waals surface area (Å²) in [5.74, 6) is -0.835. The van der Waals surface area contributed by atoms with Gasteiger partial charge in [-0.05, 0) is 12.8 Å². The number of rotatable bonds is 19. The SMILES string of the molecule is CCCCCCCCCCCCCCCCCC(=O)O.CCCCOC(C)=O. The predicted molar refractivity (Wildman–Crippen MR) is 119 cm³/mol. The maximum Gasteiger partial charge on any atom is 0.303 e. The second-order valence-corrected chi connectivity index (χ2v) is 7.79. The van der Waals surface area contributed by atoms with E-state index in [4.69, 9.17) is 5.11 Å². The van der Waals surface area contributed by atoms with Crippen LogP contribution >= 0.6 is 0 Å². The van der Waals surface area contributed by atoms with Crippen LogP contribution in [0, 0.1) is 0 Å². The molecule has 0 aromatic carbocycles. The molecule has 0 saturated carbocycles. The van der Waals surface area contributed by atoms with Crippen molar-refractivity contribution in [3.63, 3.8) is 0 Å². The summed E-state index contributed by atoms with van der Waals surface area (Å²) in [7, 11) is 0. The summed E-state index contributed by atoms with van der Waals surface area (Å²) in [5, 5.41) is 8.52. The Bertz CT molecular complexity index is 329. The van der Waals surface area contributed by atoms with Crippen LogP contribution in [0.25, 0.3) is 0 Å².